The minimum atomic E-state index is -4.41. The summed E-state index contributed by atoms with van der Waals surface area (Å²) >= 11 is 1.01. The second-order valence-electron chi connectivity index (χ2n) is 3.68. The zero-order chi connectivity index (χ0) is 14.0. The van der Waals surface area contributed by atoms with Gasteiger partial charge in [0.2, 0.25) is 0 Å². The van der Waals surface area contributed by atoms with Gasteiger partial charge in [0.15, 0.2) is 0 Å². The maximum absolute atomic E-state index is 12.8. The van der Waals surface area contributed by atoms with Gasteiger partial charge in [0.25, 0.3) is 0 Å². The minimum absolute atomic E-state index is 0.0847. The largest absolute Gasteiger partial charge is 0.417 e. The lowest BCUT2D eigenvalue weighted by Gasteiger charge is -2.04. The molecule has 2 aromatic rings. The van der Waals surface area contributed by atoms with E-state index in [4.69, 9.17) is 10.5 Å². The highest BCUT2D eigenvalue weighted by molar-refractivity contribution is 7.17. The molecule has 0 saturated carbocycles. The zero-order valence-corrected chi connectivity index (χ0v) is 10.1. The molecule has 0 aliphatic heterocycles. The van der Waals surface area contributed by atoms with Gasteiger partial charge >= 0.3 is 6.18 Å². The Morgan fingerprint density at radius 3 is 2.47 bits per heavy atom. The maximum atomic E-state index is 12.8. The lowest BCUT2D eigenvalue weighted by Crippen LogP contribution is -2.03. The number of hydrogen-bond donors (Lipinski definition) is 0. The summed E-state index contributed by atoms with van der Waals surface area (Å²) in [6, 6.07) is 7.80. The standard InChI is InChI=1S/C13H5F3N2S/c14-13(15,16)11-7-19-12-2-1-8(4-10(11)12)3-9(5-17)6-18/h1-4,7H. The van der Waals surface area contributed by atoms with Gasteiger partial charge in [-0.3, -0.25) is 0 Å². The van der Waals surface area contributed by atoms with Crippen molar-refractivity contribution in [3.8, 4) is 12.1 Å². The van der Waals surface area contributed by atoms with E-state index in [0.717, 1.165) is 16.7 Å². The average molecular weight is 278 g/mol. The molecule has 0 spiro atoms. The first kappa shape index (κ1) is 13.1. The third-order valence-corrected chi connectivity index (χ3v) is 3.42. The number of allylic oxidation sites excluding steroid dienone is 1. The predicted molar refractivity (Wildman–Crippen MR) is 66.0 cm³/mol. The van der Waals surface area contributed by atoms with Crippen molar-refractivity contribution in [1.82, 2.24) is 0 Å². The number of hydrogen-bond acceptors (Lipinski definition) is 3. The minimum Gasteiger partial charge on any atom is -0.192 e. The average Bonchev–Trinajstić information content (AvgIpc) is 2.78. The van der Waals surface area contributed by atoms with E-state index < -0.39 is 11.7 Å². The van der Waals surface area contributed by atoms with Crippen molar-refractivity contribution in [2.24, 2.45) is 0 Å². The summed E-state index contributed by atoms with van der Waals surface area (Å²) in [5.74, 6) is 0. The molecule has 0 atom stereocenters. The van der Waals surface area contributed by atoms with Crippen molar-refractivity contribution in [2.75, 3.05) is 0 Å². The first-order chi connectivity index (χ1) is 8.95. The predicted octanol–water partition coefficient (Wildman–Crippen LogP) is 4.35. The molecule has 94 valence electrons. The van der Waals surface area contributed by atoms with Crippen LogP contribution in [0.4, 0.5) is 13.2 Å². The Hall–Kier alpha value is -2.31. The van der Waals surface area contributed by atoms with Crippen LogP contribution in [0, 0.1) is 22.7 Å². The van der Waals surface area contributed by atoms with Crippen LogP contribution in [0.1, 0.15) is 11.1 Å². The molecule has 0 N–H and O–H groups in total. The number of rotatable bonds is 1. The van der Waals surface area contributed by atoms with Crippen LogP contribution in [0.3, 0.4) is 0 Å². The van der Waals surface area contributed by atoms with Crippen LogP contribution in [0.25, 0.3) is 16.2 Å². The molecular formula is C13H5F3N2S. The Kier molecular flexibility index (Phi) is 3.28. The van der Waals surface area contributed by atoms with E-state index >= 15 is 0 Å². The van der Waals surface area contributed by atoms with Crippen LogP contribution in [-0.2, 0) is 6.18 Å². The molecule has 1 heterocycles. The molecule has 1 aromatic heterocycles. The van der Waals surface area contributed by atoms with Crippen molar-refractivity contribution in [2.45, 2.75) is 6.18 Å². The molecule has 0 aliphatic rings. The first-order valence-corrected chi connectivity index (χ1v) is 5.94. The summed E-state index contributed by atoms with van der Waals surface area (Å²) in [6.07, 6.45) is -3.15. The zero-order valence-electron chi connectivity index (χ0n) is 9.32. The third kappa shape index (κ3) is 2.59. The molecule has 2 nitrogen and oxygen atoms in total. The van der Waals surface area contributed by atoms with E-state index in [-0.39, 0.29) is 11.0 Å². The van der Waals surface area contributed by atoms with Crippen LogP contribution in [-0.4, -0.2) is 0 Å². The number of halogens is 3. The van der Waals surface area contributed by atoms with Gasteiger partial charge in [-0.05, 0) is 23.8 Å². The lowest BCUT2D eigenvalue weighted by atomic mass is 10.1. The van der Waals surface area contributed by atoms with Crippen LogP contribution < -0.4 is 0 Å². The Morgan fingerprint density at radius 1 is 1.21 bits per heavy atom. The third-order valence-electron chi connectivity index (χ3n) is 2.45. The highest BCUT2D eigenvalue weighted by atomic mass is 32.1. The van der Waals surface area contributed by atoms with Crippen molar-refractivity contribution in [3.05, 3.63) is 40.3 Å². The van der Waals surface area contributed by atoms with Gasteiger partial charge in [-0.25, -0.2) is 0 Å². The Balaban J connectivity index is 2.61. The first-order valence-electron chi connectivity index (χ1n) is 5.06. The van der Waals surface area contributed by atoms with Gasteiger partial charge in [-0.1, -0.05) is 6.07 Å². The van der Waals surface area contributed by atoms with E-state index in [2.05, 4.69) is 0 Å². The van der Waals surface area contributed by atoms with E-state index in [9.17, 15) is 13.2 Å². The quantitative estimate of drug-likeness (QED) is 0.728. The van der Waals surface area contributed by atoms with E-state index in [1.165, 1.54) is 12.1 Å². The van der Waals surface area contributed by atoms with Crippen LogP contribution in [0.5, 0.6) is 0 Å². The van der Waals surface area contributed by atoms with Crippen molar-refractivity contribution in [1.29, 1.82) is 10.5 Å². The molecule has 0 fully saturated rings. The SMILES string of the molecule is N#CC(C#N)=Cc1ccc2scc(C(F)(F)F)c2c1. The molecule has 2 rings (SSSR count). The number of nitrogens with zero attached hydrogens (tertiary/aromatic N) is 2. The van der Waals surface area contributed by atoms with Gasteiger partial charge in [-0.2, -0.15) is 23.7 Å². The van der Waals surface area contributed by atoms with E-state index in [1.54, 1.807) is 24.3 Å². The summed E-state index contributed by atoms with van der Waals surface area (Å²) < 4.78 is 38.8. The van der Waals surface area contributed by atoms with Crippen LogP contribution in [0.15, 0.2) is 29.2 Å². The topological polar surface area (TPSA) is 47.6 Å². The number of fused-ring (bicyclic) bond motifs is 1. The summed E-state index contributed by atoms with van der Waals surface area (Å²) in [4.78, 5) is 0. The second-order valence-corrected chi connectivity index (χ2v) is 4.60. The van der Waals surface area contributed by atoms with Gasteiger partial charge in [-0.15, -0.1) is 11.3 Å². The van der Waals surface area contributed by atoms with Crippen molar-refractivity contribution < 1.29 is 13.2 Å². The highest BCUT2D eigenvalue weighted by Gasteiger charge is 2.33. The fraction of sp³-hybridized carbons (Fsp3) is 0.0769. The van der Waals surface area contributed by atoms with Crippen LogP contribution >= 0.6 is 11.3 Å². The van der Waals surface area contributed by atoms with Gasteiger partial charge in [0.05, 0.1) is 5.56 Å². The smallest absolute Gasteiger partial charge is 0.192 e. The van der Waals surface area contributed by atoms with E-state index in [0.29, 0.717) is 10.3 Å². The van der Waals surface area contributed by atoms with Crippen LogP contribution in [0.2, 0.25) is 0 Å². The molecule has 0 saturated heterocycles. The highest BCUT2D eigenvalue weighted by Crippen LogP contribution is 2.38. The number of thiophene rings is 1. The monoisotopic (exact) mass is 278 g/mol. The molecule has 0 bridgehead atoms. The molecule has 1 aromatic carbocycles. The summed E-state index contributed by atoms with van der Waals surface area (Å²) in [5.41, 5.74) is -0.448. The van der Waals surface area contributed by atoms with E-state index in [1.807, 2.05) is 0 Å². The molecular weight excluding hydrogens is 273 g/mol. The molecule has 6 heteroatoms. The molecule has 0 aliphatic carbocycles. The molecule has 0 radical (unpaired) electrons. The molecule has 0 amide bonds. The Morgan fingerprint density at radius 2 is 1.89 bits per heavy atom. The van der Waals surface area contributed by atoms with Crippen molar-refractivity contribution in [3.63, 3.8) is 0 Å². The Bertz CT molecular complexity index is 726. The second kappa shape index (κ2) is 4.75. The fourth-order valence-electron chi connectivity index (χ4n) is 1.61. The van der Waals surface area contributed by atoms with Crippen molar-refractivity contribution >= 4 is 27.5 Å². The lowest BCUT2D eigenvalue weighted by molar-refractivity contribution is -0.136. The van der Waals surface area contributed by atoms with Gasteiger partial charge in [0, 0.05) is 15.5 Å². The number of nitriles is 2. The fourth-order valence-corrected chi connectivity index (χ4v) is 2.56. The Labute approximate surface area is 110 Å². The normalized spacial score (nSPS) is 10.8. The number of benzene rings is 1. The summed E-state index contributed by atoms with van der Waals surface area (Å²) in [5, 5.41) is 18.4. The summed E-state index contributed by atoms with van der Waals surface area (Å²) in [7, 11) is 0. The number of alkyl halides is 3. The maximum Gasteiger partial charge on any atom is 0.417 e. The summed E-state index contributed by atoms with van der Waals surface area (Å²) in [6.45, 7) is 0. The van der Waals surface area contributed by atoms with Gasteiger partial charge < -0.3 is 0 Å². The molecule has 0 unspecified atom stereocenters. The molecule has 19 heavy (non-hydrogen) atoms. The van der Waals surface area contributed by atoms with Gasteiger partial charge in [0.1, 0.15) is 17.7 Å².